The topological polar surface area (TPSA) is 12.9 Å². The number of hydrogen-bond acceptors (Lipinski definition) is 1. The van der Waals surface area contributed by atoms with E-state index in [1.54, 1.807) is 0 Å². The van der Waals surface area contributed by atoms with Gasteiger partial charge in [-0.2, -0.15) is 0 Å². The highest BCUT2D eigenvalue weighted by molar-refractivity contribution is 6.12. The van der Waals surface area contributed by atoms with Crippen molar-refractivity contribution >= 4 is 32.3 Å². The minimum absolute atomic E-state index is 1.09. The normalized spacial score (nSPS) is 11.4. The van der Waals surface area contributed by atoms with Crippen molar-refractivity contribution in [3.05, 3.63) is 66.5 Å². The molecule has 0 saturated carbocycles. The quantitative estimate of drug-likeness (QED) is 0.318. The van der Waals surface area contributed by atoms with E-state index in [2.05, 4.69) is 66.5 Å². The Kier molecular flexibility index (Phi) is 2.10. The van der Waals surface area contributed by atoms with Gasteiger partial charge in [0.2, 0.25) is 0 Å². The van der Waals surface area contributed by atoms with E-state index in [0.29, 0.717) is 0 Å². The van der Waals surface area contributed by atoms with Crippen LogP contribution in [0.4, 0.5) is 0 Å². The molecular formula is C18H13N. The van der Waals surface area contributed by atoms with E-state index >= 15 is 0 Å². The van der Waals surface area contributed by atoms with Gasteiger partial charge < -0.3 is 0 Å². The highest BCUT2D eigenvalue weighted by Crippen LogP contribution is 2.29. The molecule has 1 aromatic heterocycles. The monoisotopic (exact) mass is 243 g/mol. The second kappa shape index (κ2) is 3.79. The molecule has 0 aliphatic carbocycles. The summed E-state index contributed by atoms with van der Waals surface area (Å²) in [5.74, 6) is 0. The van der Waals surface area contributed by atoms with Gasteiger partial charge in [-0.05, 0) is 52.1 Å². The zero-order chi connectivity index (χ0) is 12.8. The Hall–Kier alpha value is -2.41. The van der Waals surface area contributed by atoms with Crippen LogP contribution < -0.4 is 0 Å². The first-order valence-electron chi connectivity index (χ1n) is 6.50. The van der Waals surface area contributed by atoms with E-state index in [9.17, 15) is 0 Å². The molecule has 3 aromatic carbocycles. The van der Waals surface area contributed by atoms with E-state index in [1.165, 1.54) is 32.3 Å². The van der Waals surface area contributed by atoms with Crippen molar-refractivity contribution in [1.29, 1.82) is 0 Å². The molecule has 4 aromatic rings. The molecule has 0 saturated heterocycles. The van der Waals surface area contributed by atoms with Gasteiger partial charge in [0.05, 0.1) is 0 Å². The largest absolute Gasteiger partial charge is 0.261 e. The van der Waals surface area contributed by atoms with Crippen LogP contribution in [0, 0.1) is 6.92 Å². The minimum Gasteiger partial charge on any atom is -0.261 e. The summed E-state index contributed by atoms with van der Waals surface area (Å²) in [4.78, 5) is 4.38. The fourth-order valence-electron chi connectivity index (χ4n) is 2.82. The van der Waals surface area contributed by atoms with Gasteiger partial charge >= 0.3 is 0 Å². The summed E-state index contributed by atoms with van der Waals surface area (Å²) < 4.78 is 0. The van der Waals surface area contributed by atoms with Crippen molar-refractivity contribution in [2.45, 2.75) is 6.92 Å². The third-order valence-electron chi connectivity index (χ3n) is 3.83. The fraction of sp³-hybridized carbons (Fsp3) is 0.0556. The zero-order valence-electron chi connectivity index (χ0n) is 10.7. The first kappa shape index (κ1) is 10.5. The van der Waals surface area contributed by atoms with Gasteiger partial charge in [0.1, 0.15) is 0 Å². The van der Waals surface area contributed by atoms with Gasteiger partial charge in [0.15, 0.2) is 0 Å². The molecule has 1 nitrogen and oxygen atoms in total. The Labute approximate surface area is 111 Å². The van der Waals surface area contributed by atoms with E-state index in [0.717, 1.165) is 5.69 Å². The van der Waals surface area contributed by atoms with Crippen LogP contribution in [0.3, 0.4) is 0 Å². The Balaban J connectivity index is 2.26. The first-order valence-corrected chi connectivity index (χ1v) is 6.50. The van der Waals surface area contributed by atoms with Crippen LogP contribution in [0.15, 0.2) is 60.8 Å². The Morgan fingerprint density at radius 1 is 0.684 bits per heavy atom. The van der Waals surface area contributed by atoms with Crippen molar-refractivity contribution in [2.24, 2.45) is 0 Å². The van der Waals surface area contributed by atoms with Crippen molar-refractivity contribution in [1.82, 2.24) is 4.98 Å². The number of rotatable bonds is 0. The SMILES string of the molecule is Cc1nccc2cc3c(ccc4ccccc43)cc12. The summed E-state index contributed by atoms with van der Waals surface area (Å²) in [6, 6.07) is 19.5. The van der Waals surface area contributed by atoms with E-state index in [1.807, 2.05) is 6.20 Å². The van der Waals surface area contributed by atoms with E-state index in [-0.39, 0.29) is 0 Å². The van der Waals surface area contributed by atoms with Gasteiger partial charge in [0, 0.05) is 17.3 Å². The van der Waals surface area contributed by atoms with Crippen molar-refractivity contribution < 1.29 is 0 Å². The van der Waals surface area contributed by atoms with Gasteiger partial charge in [0.25, 0.3) is 0 Å². The molecule has 1 heterocycles. The Bertz CT molecular complexity index is 922. The van der Waals surface area contributed by atoms with Crippen LogP contribution in [0.2, 0.25) is 0 Å². The van der Waals surface area contributed by atoms with Crippen LogP contribution in [0.1, 0.15) is 5.69 Å². The maximum Gasteiger partial charge on any atom is 0.0451 e. The lowest BCUT2D eigenvalue weighted by Gasteiger charge is -2.07. The highest BCUT2D eigenvalue weighted by Gasteiger charge is 2.04. The molecular weight excluding hydrogens is 230 g/mol. The second-order valence-electron chi connectivity index (χ2n) is 4.98. The molecule has 90 valence electrons. The first-order chi connectivity index (χ1) is 9.33. The van der Waals surface area contributed by atoms with Crippen LogP contribution in [-0.2, 0) is 0 Å². The van der Waals surface area contributed by atoms with Gasteiger partial charge in [-0.1, -0.05) is 36.4 Å². The molecule has 0 atom stereocenters. The number of pyridine rings is 1. The predicted octanol–water partition coefficient (Wildman–Crippen LogP) is 4.85. The molecule has 19 heavy (non-hydrogen) atoms. The lowest BCUT2D eigenvalue weighted by Crippen LogP contribution is -1.84. The summed E-state index contributed by atoms with van der Waals surface area (Å²) in [5.41, 5.74) is 1.09. The van der Waals surface area contributed by atoms with Crippen molar-refractivity contribution in [2.75, 3.05) is 0 Å². The number of hydrogen-bond donors (Lipinski definition) is 0. The molecule has 0 amide bonds. The lowest BCUT2D eigenvalue weighted by atomic mass is 9.98. The predicted molar refractivity (Wildman–Crippen MR) is 81.5 cm³/mol. The van der Waals surface area contributed by atoms with Crippen LogP contribution in [0.25, 0.3) is 32.3 Å². The molecule has 4 rings (SSSR count). The number of aromatic nitrogens is 1. The molecule has 0 aliphatic rings. The van der Waals surface area contributed by atoms with E-state index < -0.39 is 0 Å². The third kappa shape index (κ3) is 1.52. The standard InChI is InChI=1S/C18H13N/c1-12-17-10-14-7-6-13-4-2-3-5-16(13)18(14)11-15(17)8-9-19-12/h2-11H,1H3. The Morgan fingerprint density at radius 3 is 2.37 bits per heavy atom. The average molecular weight is 243 g/mol. The maximum atomic E-state index is 4.38. The number of nitrogens with zero attached hydrogens (tertiary/aromatic N) is 1. The molecule has 0 N–H and O–H groups in total. The summed E-state index contributed by atoms with van der Waals surface area (Å²) in [6.07, 6.45) is 1.88. The Morgan fingerprint density at radius 2 is 1.42 bits per heavy atom. The molecule has 0 bridgehead atoms. The summed E-state index contributed by atoms with van der Waals surface area (Å²) >= 11 is 0. The van der Waals surface area contributed by atoms with Gasteiger partial charge in [-0.3, -0.25) is 4.98 Å². The molecule has 0 fully saturated rings. The molecule has 0 spiro atoms. The second-order valence-corrected chi connectivity index (χ2v) is 4.98. The van der Waals surface area contributed by atoms with Crippen molar-refractivity contribution in [3.8, 4) is 0 Å². The van der Waals surface area contributed by atoms with Crippen LogP contribution >= 0.6 is 0 Å². The lowest BCUT2D eigenvalue weighted by molar-refractivity contribution is 1.24. The molecule has 0 aliphatic heterocycles. The summed E-state index contributed by atoms with van der Waals surface area (Å²) in [7, 11) is 0. The molecule has 0 radical (unpaired) electrons. The zero-order valence-corrected chi connectivity index (χ0v) is 10.7. The van der Waals surface area contributed by atoms with Crippen molar-refractivity contribution in [3.63, 3.8) is 0 Å². The molecule has 0 unspecified atom stereocenters. The van der Waals surface area contributed by atoms with E-state index in [4.69, 9.17) is 0 Å². The minimum atomic E-state index is 1.09. The summed E-state index contributed by atoms with van der Waals surface area (Å²) in [5, 5.41) is 7.71. The number of aryl methyl sites for hydroxylation is 1. The van der Waals surface area contributed by atoms with Gasteiger partial charge in [-0.15, -0.1) is 0 Å². The van der Waals surface area contributed by atoms with Crippen LogP contribution in [0.5, 0.6) is 0 Å². The average Bonchev–Trinajstić information content (AvgIpc) is 2.46. The van der Waals surface area contributed by atoms with Crippen LogP contribution in [-0.4, -0.2) is 4.98 Å². The highest BCUT2D eigenvalue weighted by atomic mass is 14.7. The van der Waals surface area contributed by atoms with Gasteiger partial charge in [-0.25, -0.2) is 0 Å². The fourth-order valence-corrected chi connectivity index (χ4v) is 2.82. The molecule has 1 heteroatoms. The smallest absolute Gasteiger partial charge is 0.0451 e. The summed E-state index contributed by atoms with van der Waals surface area (Å²) in [6.45, 7) is 2.06. The number of benzene rings is 3. The maximum absolute atomic E-state index is 4.38. The number of fused-ring (bicyclic) bond motifs is 4. The third-order valence-corrected chi connectivity index (χ3v) is 3.83.